The van der Waals surface area contributed by atoms with E-state index in [1.54, 1.807) is 17.7 Å². The topological polar surface area (TPSA) is 0 Å². The molecule has 0 amide bonds. The van der Waals surface area contributed by atoms with Gasteiger partial charge in [-0.2, -0.15) is 0 Å². The molecule has 0 radical (unpaired) electrons. The summed E-state index contributed by atoms with van der Waals surface area (Å²) in [6.07, 6.45) is 14.1. The number of benzene rings is 2. The van der Waals surface area contributed by atoms with Crippen LogP contribution in [0, 0.1) is 0 Å². The van der Waals surface area contributed by atoms with E-state index in [2.05, 4.69) is 85.0 Å². The molecule has 0 nitrogen and oxygen atoms in total. The molecule has 0 atom stereocenters. The molecule has 25 heavy (non-hydrogen) atoms. The first-order chi connectivity index (χ1) is 12.4. The Labute approximate surface area is 165 Å². The Balaban J connectivity index is 0.00000131. The van der Waals surface area contributed by atoms with Crippen LogP contribution in [-0.2, 0) is 36.1 Å². The number of hydrogen-bond donors (Lipinski definition) is 0. The van der Waals surface area contributed by atoms with Crippen LogP contribution in [-0.4, -0.2) is 0 Å². The monoisotopic (exact) mass is 402 g/mol. The summed E-state index contributed by atoms with van der Waals surface area (Å²) in [7, 11) is 0. The molecule has 2 aromatic carbocycles. The first-order valence-electron chi connectivity index (χ1n) is 9.00. The zero-order valence-electron chi connectivity index (χ0n) is 16.4. The third kappa shape index (κ3) is 4.28. The van der Waals surface area contributed by atoms with Crippen molar-refractivity contribution in [3.8, 4) is 0 Å². The largest absolute Gasteiger partial charge is 1.00 e. The van der Waals surface area contributed by atoms with Gasteiger partial charge in [-0.3, -0.25) is 0 Å². The molecule has 0 saturated carbocycles. The minimum absolute atomic E-state index is 0. The van der Waals surface area contributed by atoms with Gasteiger partial charge in [-0.05, 0) is 0 Å². The molecule has 4 rings (SSSR count). The van der Waals surface area contributed by atoms with Crippen LogP contribution < -0.4 is 0 Å². The van der Waals surface area contributed by atoms with Gasteiger partial charge in [-0.25, -0.2) is 0 Å². The van der Waals surface area contributed by atoms with Crippen LogP contribution in [0.1, 0.15) is 26.8 Å². The molecule has 0 N–H and O–H groups in total. The second kappa shape index (κ2) is 8.11. The maximum Gasteiger partial charge on any atom is -1.00 e. The third-order valence-electron chi connectivity index (χ3n) is 4.83. The Morgan fingerprint density at radius 2 is 1.08 bits per heavy atom. The van der Waals surface area contributed by atoms with Crippen molar-refractivity contribution in [2.75, 3.05) is 0 Å². The molecule has 0 heterocycles. The van der Waals surface area contributed by atoms with Crippen molar-refractivity contribution in [3.05, 3.63) is 114 Å². The van der Waals surface area contributed by atoms with Crippen LogP contribution in [0.25, 0.3) is 0 Å². The predicted molar refractivity (Wildman–Crippen MR) is 104 cm³/mol. The van der Waals surface area contributed by atoms with E-state index in [1.165, 1.54) is 24.0 Å². The summed E-state index contributed by atoms with van der Waals surface area (Å²) in [6, 6.07) is 21.8. The van der Waals surface area contributed by atoms with Crippen LogP contribution in [0.4, 0.5) is 0 Å². The molecule has 0 saturated heterocycles. The molecular weight excluding hydrogens is 379 g/mol. The van der Waals surface area contributed by atoms with Gasteiger partial charge in [0.05, 0.1) is 0 Å². The van der Waals surface area contributed by atoms with E-state index in [1.807, 2.05) is 0 Å². The molecule has 124 valence electrons. The Morgan fingerprint density at radius 1 is 0.640 bits per heavy atom. The maximum absolute atomic E-state index is 2.38. The smallest absolute Gasteiger partial charge is 1.00 e. The summed E-state index contributed by atoms with van der Waals surface area (Å²) in [4.78, 5) is 0. The number of hydrogen-bond acceptors (Lipinski definition) is 0. The number of allylic oxidation sites excluding steroid dienone is 8. The second-order valence-corrected chi connectivity index (χ2v) is 10.3. The SMILES string of the molecule is C1=CC(Cc2ccccc2)=[C]([Zr+2][C]2=C(Cc3ccccc3)C=CC2)C1.[H-].[H-]. The Morgan fingerprint density at radius 3 is 1.52 bits per heavy atom. The molecule has 2 aliphatic rings. The predicted octanol–water partition coefficient (Wildman–Crippen LogP) is 6.21. The van der Waals surface area contributed by atoms with Crippen molar-refractivity contribution in [1.82, 2.24) is 0 Å². The van der Waals surface area contributed by atoms with Gasteiger partial charge in [0.25, 0.3) is 0 Å². The number of rotatable bonds is 6. The third-order valence-corrected chi connectivity index (χ3v) is 8.90. The summed E-state index contributed by atoms with van der Waals surface area (Å²) in [6.45, 7) is 0. The quantitative estimate of drug-likeness (QED) is 0.538. The van der Waals surface area contributed by atoms with Crippen LogP contribution in [0.15, 0.2) is 103 Å². The zero-order chi connectivity index (χ0) is 16.9. The van der Waals surface area contributed by atoms with Gasteiger partial charge in [-0.1, -0.05) is 0 Å². The summed E-state index contributed by atoms with van der Waals surface area (Å²) >= 11 is -0.655. The van der Waals surface area contributed by atoms with Crippen LogP contribution in [0.5, 0.6) is 0 Å². The average Bonchev–Trinajstić information content (AvgIpc) is 3.27. The van der Waals surface area contributed by atoms with E-state index in [4.69, 9.17) is 0 Å². The average molecular weight is 404 g/mol. The molecule has 0 spiro atoms. The van der Waals surface area contributed by atoms with Gasteiger partial charge >= 0.3 is 163 Å². The van der Waals surface area contributed by atoms with Crippen molar-refractivity contribution in [2.45, 2.75) is 25.7 Å². The molecule has 2 aliphatic carbocycles. The summed E-state index contributed by atoms with van der Waals surface area (Å²) in [5, 5.41) is 0. The van der Waals surface area contributed by atoms with E-state index < -0.39 is 23.2 Å². The fraction of sp³-hybridized carbons (Fsp3) is 0.167. The van der Waals surface area contributed by atoms with Crippen molar-refractivity contribution in [2.24, 2.45) is 0 Å². The molecule has 0 fully saturated rings. The van der Waals surface area contributed by atoms with E-state index in [9.17, 15) is 0 Å². The first-order valence-corrected chi connectivity index (χ1v) is 11.5. The van der Waals surface area contributed by atoms with Gasteiger partial charge in [0.15, 0.2) is 0 Å². The molecule has 1 heteroatoms. The fourth-order valence-electron chi connectivity index (χ4n) is 3.51. The molecule has 0 unspecified atom stereocenters. The molecule has 0 bridgehead atoms. The molecule has 0 aliphatic heterocycles. The van der Waals surface area contributed by atoms with E-state index in [-0.39, 0.29) is 2.85 Å². The molecular formula is C24H24Zr. The summed E-state index contributed by atoms with van der Waals surface area (Å²) in [5.74, 6) is 0. The van der Waals surface area contributed by atoms with Crippen molar-refractivity contribution < 1.29 is 26.1 Å². The van der Waals surface area contributed by atoms with E-state index in [0.29, 0.717) is 0 Å². The van der Waals surface area contributed by atoms with Crippen LogP contribution >= 0.6 is 0 Å². The van der Waals surface area contributed by atoms with Gasteiger partial charge in [0.1, 0.15) is 0 Å². The molecule has 2 aromatic rings. The normalized spacial score (nSPS) is 16.0. The van der Waals surface area contributed by atoms with Crippen LogP contribution in [0.2, 0.25) is 0 Å². The minimum atomic E-state index is -0.655. The molecule has 0 aromatic heterocycles. The standard InChI is InChI=1S/2C12H11.Zr.2H/c2*1-2-6-11(7-3-1)10-12-8-4-5-9-12;;;/h2*1-4,6-8H,5,10H2;;;/q;;+2;2*-1. The van der Waals surface area contributed by atoms with E-state index in [0.717, 1.165) is 12.8 Å². The van der Waals surface area contributed by atoms with Gasteiger partial charge in [-0.15, -0.1) is 0 Å². The second-order valence-electron chi connectivity index (χ2n) is 6.67. The minimum Gasteiger partial charge on any atom is -1.00 e. The van der Waals surface area contributed by atoms with Crippen molar-refractivity contribution >= 4 is 0 Å². The van der Waals surface area contributed by atoms with Crippen LogP contribution in [0.3, 0.4) is 0 Å². The maximum atomic E-state index is 2.38. The van der Waals surface area contributed by atoms with Gasteiger partial charge < -0.3 is 2.85 Å². The summed E-state index contributed by atoms with van der Waals surface area (Å²) in [5.41, 5.74) is 6.06. The van der Waals surface area contributed by atoms with Gasteiger partial charge in [0.2, 0.25) is 0 Å². The zero-order valence-corrected chi connectivity index (χ0v) is 16.9. The van der Waals surface area contributed by atoms with Gasteiger partial charge in [0, 0.05) is 0 Å². The van der Waals surface area contributed by atoms with E-state index >= 15 is 0 Å². The first kappa shape index (κ1) is 16.7. The Hall–Kier alpha value is -1.72. The van der Waals surface area contributed by atoms with Crippen molar-refractivity contribution in [3.63, 3.8) is 0 Å². The van der Waals surface area contributed by atoms with Crippen molar-refractivity contribution in [1.29, 1.82) is 0 Å². The summed E-state index contributed by atoms with van der Waals surface area (Å²) < 4.78 is 3.55. The fourth-order valence-corrected chi connectivity index (χ4v) is 7.12. The Bertz CT molecular complexity index is 788. The Kier molecular flexibility index (Phi) is 5.43.